The van der Waals surface area contributed by atoms with Gasteiger partial charge in [0.2, 0.25) is 11.8 Å². The lowest BCUT2D eigenvalue weighted by Gasteiger charge is -2.21. The third kappa shape index (κ3) is 4.29. The molecule has 8 nitrogen and oxygen atoms in total. The summed E-state index contributed by atoms with van der Waals surface area (Å²) < 4.78 is 11.8. The van der Waals surface area contributed by atoms with E-state index >= 15 is 0 Å². The van der Waals surface area contributed by atoms with Crippen LogP contribution in [0.3, 0.4) is 0 Å². The van der Waals surface area contributed by atoms with Crippen molar-refractivity contribution in [2.45, 2.75) is 19.4 Å². The van der Waals surface area contributed by atoms with E-state index in [0.29, 0.717) is 33.4 Å². The van der Waals surface area contributed by atoms with Gasteiger partial charge in [0.05, 0.1) is 26.5 Å². The first-order valence-corrected chi connectivity index (χ1v) is 12.1. The molecule has 1 aromatic heterocycles. The summed E-state index contributed by atoms with van der Waals surface area (Å²) in [7, 11) is 3.15. The van der Waals surface area contributed by atoms with Crippen LogP contribution >= 0.6 is 11.3 Å². The van der Waals surface area contributed by atoms with Gasteiger partial charge in [-0.3, -0.25) is 24.2 Å². The van der Waals surface area contributed by atoms with Crippen LogP contribution < -0.4 is 19.3 Å². The number of ether oxygens (including phenoxy) is 2. The highest BCUT2D eigenvalue weighted by molar-refractivity contribution is 7.22. The first kappa shape index (κ1) is 23.5. The Kier molecular flexibility index (Phi) is 6.39. The smallest absolute Gasteiger partial charge is 0.260 e. The lowest BCUT2D eigenvalue weighted by Crippen LogP contribution is -2.31. The molecule has 3 amide bonds. The van der Waals surface area contributed by atoms with Gasteiger partial charge in [-0.25, -0.2) is 4.98 Å². The van der Waals surface area contributed by atoms with Crippen LogP contribution in [0.2, 0.25) is 0 Å². The second-order valence-electron chi connectivity index (χ2n) is 8.19. The molecule has 2 heterocycles. The summed E-state index contributed by atoms with van der Waals surface area (Å²) in [6.45, 7) is 0.274. The summed E-state index contributed by atoms with van der Waals surface area (Å²) in [6.07, 6.45) is 0.346. The number of thiazole rings is 1. The van der Waals surface area contributed by atoms with Crippen LogP contribution in [0.1, 0.15) is 28.8 Å². The number of carbonyl (C=O) groups is 3. The summed E-state index contributed by atoms with van der Waals surface area (Å²) in [4.78, 5) is 45.9. The van der Waals surface area contributed by atoms with Crippen LogP contribution in [-0.2, 0) is 16.1 Å². The number of fused-ring (bicyclic) bond motifs is 1. The predicted octanol–water partition coefficient (Wildman–Crippen LogP) is 4.81. The lowest BCUT2D eigenvalue weighted by molar-refractivity contribution is -0.121. The molecule has 9 heteroatoms. The average Bonchev–Trinajstić information content (AvgIpc) is 3.50. The molecule has 1 fully saturated rings. The number of imide groups is 1. The molecule has 0 saturated carbocycles. The van der Waals surface area contributed by atoms with Crippen molar-refractivity contribution in [3.63, 3.8) is 0 Å². The van der Waals surface area contributed by atoms with Crippen LogP contribution in [0.4, 0.5) is 10.8 Å². The topological polar surface area (TPSA) is 89.0 Å². The summed E-state index contributed by atoms with van der Waals surface area (Å²) in [6, 6.07) is 19.8. The molecule has 1 aliphatic heterocycles. The van der Waals surface area contributed by atoms with E-state index in [0.717, 1.165) is 15.2 Å². The summed E-state index contributed by atoms with van der Waals surface area (Å²) in [5, 5.41) is 0.473. The molecule has 5 rings (SSSR count). The van der Waals surface area contributed by atoms with Gasteiger partial charge in [0.15, 0.2) is 5.13 Å². The Labute approximate surface area is 211 Å². The third-order valence-corrected chi connectivity index (χ3v) is 7.05. The summed E-state index contributed by atoms with van der Waals surface area (Å²) in [5.41, 5.74) is 2.25. The molecule has 0 unspecified atom stereocenters. The number of anilines is 2. The van der Waals surface area contributed by atoms with E-state index in [4.69, 9.17) is 14.5 Å². The number of rotatable bonds is 7. The SMILES string of the molecule is COc1ccc(OC)c2sc(N(Cc3ccccc3)C(=O)c3cccc(N4C(=O)CCC4=O)c3)nc12. The molecule has 1 aliphatic rings. The minimum Gasteiger partial charge on any atom is -0.495 e. The van der Waals surface area contributed by atoms with Crippen LogP contribution in [0, 0.1) is 0 Å². The van der Waals surface area contributed by atoms with Gasteiger partial charge in [-0.15, -0.1) is 0 Å². The van der Waals surface area contributed by atoms with E-state index in [-0.39, 0.29) is 37.1 Å². The second kappa shape index (κ2) is 9.79. The normalized spacial score (nSPS) is 13.3. The molecule has 0 radical (unpaired) electrons. The maximum Gasteiger partial charge on any atom is 0.260 e. The third-order valence-electron chi connectivity index (χ3n) is 5.96. The Morgan fingerprint density at radius 3 is 2.33 bits per heavy atom. The Morgan fingerprint density at radius 2 is 1.64 bits per heavy atom. The highest BCUT2D eigenvalue weighted by Crippen LogP contribution is 2.41. The number of benzene rings is 3. The maximum absolute atomic E-state index is 13.9. The fourth-order valence-electron chi connectivity index (χ4n) is 4.18. The largest absolute Gasteiger partial charge is 0.495 e. The number of hydrogen-bond donors (Lipinski definition) is 0. The number of nitrogens with zero attached hydrogens (tertiary/aromatic N) is 3. The van der Waals surface area contributed by atoms with Crippen molar-refractivity contribution in [2.24, 2.45) is 0 Å². The molecule has 0 atom stereocenters. The average molecular weight is 502 g/mol. The van der Waals surface area contributed by atoms with E-state index < -0.39 is 0 Å². The number of amides is 3. The molecule has 4 aromatic rings. The molecular weight excluding hydrogens is 478 g/mol. The zero-order valence-corrected chi connectivity index (χ0v) is 20.6. The molecule has 3 aromatic carbocycles. The standard InChI is InChI=1S/C27H23N3O5S/c1-34-20-11-12-21(35-2)25-24(20)28-27(36-25)29(16-17-7-4-3-5-8-17)26(33)18-9-6-10-19(15-18)30-22(31)13-14-23(30)32/h3-12,15H,13-14,16H2,1-2H3. The quantitative estimate of drug-likeness (QED) is 0.338. The fourth-order valence-corrected chi connectivity index (χ4v) is 5.25. The van der Waals surface area contributed by atoms with E-state index in [1.807, 2.05) is 30.3 Å². The minimum atomic E-state index is -0.309. The number of carbonyl (C=O) groups excluding carboxylic acids is 3. The highest BCUT2D eigenvalue weighted by Gasteiger charge is 2.31. The van der Waals surface area contributed by atoms with Gasteiger partial charge >= 0.3 is 0 Å². The van der Waals surface area contributed by atoms with Crippen molar-refractivity contribution in [3.05, 3.63) is 77.9 Å². The highest BCUT2D eigenvalue weighted by atomic mass is 32.1. The fraction of sp³-hybridized carbons (Fsp3) is 0.185. The Balaban J connectivity index is 1.59. The maximum atomic E-state index is 13.9. The van der Waals surface area contributed by atoms with Crippen LogP contribution in [0.15, 0.2) is 66.7 Å². The van der Waals surface area contributed by atoms with E-state index in [1.54, 1.807) is 55.5 Å². The van der Waals surface area contributed by atoms with Crippen molar-refractivity contribution in [1.82, 2.24) is 4.98 Å². The van der Waals surface area contributed by atoms with Crippen molar-refractivity contribution in [2.75, 3.05) is 24.0 Å². The van der Waals surface area contributed by atoms with Crippen molar-refractivity contribution < 1.29 is 23.9 Å². The molecule has 0 bridgehead atoms. The number of methoxy groups -OCH3 is 2. The van der Waals surface area contributed by atoms with Gasteiger partial charge in [0.1, 0.15) is 21.7 Å². The van der Waals surface area contributed by atoms with Crippen molar-refractivity contribution >= 4 is 50.1 Å². The summed E-state index contributed by atoms with van der Waals surface area (Å²) in [5.74, 6) is 0.368. The van der Waals surface area contributed by atoms with E-state index in [2.05, 4.69) is 0 Å². The van der Waals surface area contributed by atoms with E-state index in [9.17, 15) is 14.4 Å². The minimum absolute atomic E-state index is 0.173. The zero-order valence-electron chi connectivity index (χ0n) is 19.8. The van der Waals surface area contributed by atoms with Gasteiger partial charge in [0.25, 0.3) is 5.91 Å². The molecule has 0 N–H and O–H groups in total. The van der Waals surface area contributed by atoms with E-state index in [1.165, 1.54) is 11.3 Å². The van der Waals surface area contributed by atoms with Crippen LogP contribution in [0.5, 0.6) is 11.5 Å². The van der Waals surface area contributed by atoms with Gasteiger partial charge in [-0.2, -0.15) is 0 Å². The molecular formula is C27H23N3O5S. The van der Waals surface area contributed by atoms with Crippen LogP contribution in [-0.4, -0.2) is 36.9 Å². The number of hydrogen-bond acceptors (Lipinski definition) is 7. The molecule has 1 saturated heterocycles. The van der Waals surface area contributed by atoms with Gasteiger partial charge in [-0.05, 0) is 35.9 Å². The Hall–Kier alpha value is -4.24. The van der Waals surface area contributed by atoms with Gasteiger partial charge in [-0.1, -0.05) is 47.7 Å². The monoisotopic (exact) mass is 501 g/mol. The Bertz CT molecular complexity index is 1410. The Morgan fingerprint density at radius 1 is 0.944 bits per heavy atom. The zero-order chi connectivity index (χ0) is 25.2. The lowest BCUT2D eigenvalue weighted by atomic mass is 10.1. The van der Waals surface area contributed by atoms with Crippen molar-refractivity contribution in [3.8, 4) is 11.5 Å². The second-order valence-corrected chi connectivity index (χ2v) is 9.17. The van der Waals surface area contributed by atoms with Crippen LogP contribution in [0.25, 0.3) is 10.2 Å². The first-order chi connectivity index (χ1) is 17.5. The first-order valence-electron chi connectivity index (χ1n) is 11.3. The van der Waals surface area contributed by atoms with Crippen molar-refractivity contribution in [1.29, 1.82) is 0 Å². The molecule has 0 spiro atoms. The molecule has 36 heavy (non-hydrogen) atoms. The van der Waals surface area contributed by atoms with Gasteiger partial charge < -0.3 is 9.47 Å². The predicted molar refractivity (Wildman–Crippen MR) is 138 cm³/mol. The summed E-state index contributed by atoms with van der Waals surface area (Å²) >= 11 is 1.33. The number of aromatic nitrogens is 1. The van der Waals surface area contributed by atoms with Gasteiger partial charge in [0, 0.05) is 18.4 Å². The molecule has 182 valence electrons. The molecule has 0 aliphatic carbocycles.